The number of benzene rings is 1. The molecule has 4 nitrogen and oxygen atoms in total. The van der Waals surface area contributed by atoms with Crippen LogP contribution in [0, 0.1) is 5.82 Å². The quantitative estimate of drug-likeness (QED) is 0.786. The highest BCUT2D eigenvalue weighted by Gasteiger charge is 2.33. The summed E-state index contributed by atoms with van der Waals surface area (Å²) in [5.41, 5.74) is -1.08. The molecule has 0 atom stereocenters. The summed E-state index contributed by atoms with van der Waals surface area (Å²) >= 11 is 0. The third kappa shape index (κ3) is 5.68. The Kier molecular flexibility index (Phi) is 6.10. The number of carbonyl (C=O) groups is 1. The van der Waals surface area contributed by atoms with Gasteiger partial charge in [-0.3, -0.25) is 9.69 Å². The number of aliphatic carboxylic acids is 1. The van der Waals surface area contributed by atoms with Crippen molar-refractivity contribution in [3.8, 4) is 0 Å². The second-order valence-electron chi connectivity index (χ2n) is 4.41. The SMILES string of the molecule is COCCN(CC(=O)O)Cc1ccc(C(F)(F)F)c(F)c1. The third-order valence-corrected chi connectivity index (χ3v) is 2.72. The van der Waals surface area contributed by atoms with Gasteiger partial charge in [-0.25, -0.2) is 4.39 Å². The molecule has 0 aliphatic rings. The second-order valence-corrected chi connectivity index (χ2v) is 4.41. The molecule has 0 radical (unpaired) electrons. The van der Waals surface area contributed by atoms with E-state index < -0.39 is 23.5 Å². The second kappa shape index (κ2) is 7.37. The first kappa shape index (κ1) is 17.4. The maximum absolute atomic E-state index is 13.4. The van der Waals surface area contributed by atoms with Crippen molar-refractivity contribution in [2.75, 3.05) is 26.8 Å². The lowest BCUT2D eigenvalue weighted by Gasteiger charge is -2.20. The van der Waals surface area contributed by atoms with Crippen molar-refractivity contribution in [2.24, 2.45) is 0 Å². The minimum absolute atomic E-state index is 0.0186. The molecule has 21 heavy (non-hydrogen) atoms. The molecule has 0 fully saturated rings. The van der Waals surface area contributed by atoms with Crippen LogP contribution in [0.5, 0.6) is 0 Å². The van der Waals surface area contributed by atoms with E-state index in [9.17, 15) is 22.4 Å². The van der Waals surface area contributed by atoms with Gasteiger partial charge in [0.05, 0.1) is 18.7 Å². The standard InChI is InChI=1S/C13H15F4NO3/c1-21-5-4-18(8-12(19)20)7-9-2-3-10(11(14)6-9)13(15,16)17/h2-3,6H,4-5,7-8H2,1H3,(H,19,20). The zero-order valence-electron chi connectivity index (χ0n) is 11.3. The van der Waals surface area contributed by atoms with Gasteiger partial charge in [0.1, 0.15) is 5.82 Å². The number of alkyl halides is 3. The van der Waals surface area contributed by atoms with E-state index in [1.54, 1.807) is 0 Å². The van der Waals surface area contributed by atoms with Crippen molar-refractivity contribution >= 4 is 5.97 Å². The smallest absolute Gasteiger partial charge is 0.419 e. The lowest BCUT2D eigenvalue weighted by atomic mass is 10.1. The average Bonchev–Trinajstić information content (AvgIpc) is 2.33. The van der Waals surface area contributed by atoms with Gasteiger partial charge in [0.25, 0.3) is 0 Å². The molecule has 0 bridgehead atoms. The Morgan fingerprint density at radius 2 is 2.05 bits per heavy atom. The minimum Gasteiger partial charge on any atom is -0.480 e. The molecule has 0 amide bonds. The van der Waals surface area contributed by atoms with Crippen molar-refractivity contribution in [3.05, 3.63) is 35.1 Å². The number of rotatable bonds is 7. The number of hydrogen-bond acceptors (Lipinski definition) is 3. The predicted molar refractivity (Wildman–Crippen MR) is 66.2 cm³/mol. The highest BCUT2D eigenvalue weighted by Crippen LogP contribution is 2.31. The zero-order chi connectivity index (χ0) is 16.0. The lowest BCUT2D eigenvalue weighted by Crippen LogP contribution is -2.32. The molecule has 118 valence electrons. The van der Waals surface area contributed by atoms with E-state index >= 15 is 0 Å². The average molecular weight is 309 g/mol. The number of halogens is 4. The fourth-order valence-electron chi connectivity index (χ4n) is 1.77. The van der Waals surface area contributed by atoms with E-state index in [0.717, 1.165) is 12.1 Å². The van der Waals surface area contributed by atoms with E-state index in [1.165, 1.54) is 12.0 Å². The van der Waals surface area contributed by atoms with Crippen LogP contribution < -0.4 is 0 Å². The summed E-state index contributed by atoms with van der Waals surface area (Å²) in [5.74, 6) is -2.46. The topological polar surface area (TPSA) is 49.8 Å². The minimum atomic E-state index is -4.75. The van der Waals surface area contributed by atoms with Crippen LogP contribution in [0.4, 0.5) is 17.6 Å². The Hall–Kier alpha value is -1.67. The van der Waals surface area contributed by atoms with Crippen molar-refractivity contribution < 1.29 is 32.2 Å². The molecule has 0 saturated carbocycles. The molecule has 1 rings (SSSR count). The fourth-order valence-corrected chi connectivity index (χ4v) is 1.77. The van der Waals surface area contributed by atoms with Gasteiger partial charge in [-0.1, -0.05) is 6.07 Å². The number of hydrogen-bond donors (Lipinski definition) is 1. The molecular weight excluding hydrogens is 294 g/mol. The van der Waals surface area contributed by atoms with Crippen LogP contribution in [0.15, 0.2) is 18.2 Å². The van der Waals surface area contributed by atoms with Crippen LogP contribution in [-0.4, -0.2) is 42.8 Å². The van der Waals surface area contributed by atoms with Crippen LogP contribution in [0.3, 0.4) is 0 Å². The highest BCUT2D eigenvalue weighted by atomic mass is 19.4. The highest BCUT2D eigenvalue weighted by molar-refractivity contribution is 5.69. The first-order valence-electron chi connectivity index (χ1n) is 6.02. The Morgan fingerprint density at radius 1 is 1.38 bits per heavy atom. The summed E-state index contributed by atoms with van der Waals surface area (Å²) in [4.78, 5) is 12.1. The largest absolute Gasteiger partial charge is 0.480 e. The molecule has 0 unspecified atom stereocenters. The van der Waals surface area contributed by atoms with Gasteiger partial charge in [-0.05, 0) is 17.7 Å². The van der Waals surface area contributed by atoms with Gasteiger partial charge in [0.2, 0.25) is 0 Å². The monoisotopic (exact) mass is 309 g/mol. The van der Waals surface area contributed by atoms with E-state index in [-0.39, 0.29) is 31.8 Å². The predicted octanol–water partition coefficient (Wildman–Crippen LogP) is 2.38. The van der Waals surface area contributed by atoms with Crippen molar-refractivity contribution in [3.63, 3.8) is 0 Å². The van der Waals surface area contributed by atoms with Crippen LogP contribution in [0.25, 0.3) is 0 Å². The maximum Gasteiger partial charge on any atom is 0.419 e. The molecule has 0 heterocycles. The van der Waals surface area contributed by atoms with Crippen LogP contribution >= 0.6 is 0 Å². The Bertz CT molecular complexity index is 491. The number of carboxylic acid groups (broad SMARTS) is 1. The molecular formula is C13H15F4NO3. The van der Waals surface area contributed by atoms with Gasteiger partial charge < -0.3 is 9.84 Å². The fraction of sp³-hybridized carbons (Fsp3) is 0.462. The number of ether oxygens (including phenoxy) is 1. The molecule has 1 N–H and O–H groups in total. The maximum atomic E-state index is 13.4. The van der Waals surface area contributed by atoms with E-state index in [2.05, 4.69) is 0 Å². The summed E-state index contributed by atoms with van der Waals surface area (Å²) in [6.45, 7) is 0.235. The van der Waals surface area contributed by atoms with Crippen molar-refractivity contribution in [1.29, 1.82) is 0 Å². The Labute approximate surface area is 118 Å². The summed E-state index contributed by atoms with van der Waals surface area (Å²) in [6.07, 6.45) is -4.75. The number of nitrogens with zero attached hydrogens (tertiary/aromatic N) is 1. The van der Waals surface area contributed by atoms with E-state index in [1.807, 2.05) is 0 Å². The summed E-state index contributed by atoms with van der Waals surface area (Å²) in [5, 5.41) is 8.76. The first-order valence-corrected chi connectivity index (χ1v) is 6.02. The van der Waals surface area contributed by atoms with Crippen LogP contribution in [0.1, 0.15) is 11.1 Å². The summed E-state index contributed by atoms with van der Waals surface area (Å²) in [6, 6.07) is 2.55. The number of carboxylic acids is 1. The Morgan fingerprint density at radius 3 is 2.52 bits per heavy atom. The first-order chi connectivity index (χ1) is 9.74. The molecule has 0 aromatic heterocycles. The van der Waals surface area contributed by atoms with Gasteiger partial charge in [-0.2, -0.15) is 13.2 Å². The van der Waals surface area contributed by atoms with E-state index in [0.29, 0.717) is 6.07 Å². The lowest BCUT2D eigenvalue weighted by molar-refractivity contribution is -0.140. The zero-order valence-corrected chi connectivity index (χ0v) is 11.3. The van der Waals surface area contributed by atoms with Crippen molar-refractivity contribution in [2.45, 2.75) is 12.7 Å². The molecule has 0 aliphatic heterocycles. The molecule has 0 saturated heterocycles. The normalized spacial score (nSPS) is 11.9. The molecule has 0 aliphatic carbocycles. The Balaban J connectivity index is 2.84. The van der Waals surface area contributed by atoms with Gasteiger partial charge in [-0.15, -0.1) is 0 Å². The van der Waals surface area contributed by atoms with Crippen molar-refractivity contribution in [1.82, 2.24) is 4.90 Å². The summed E-state index contributed by atoms with van der Waals surface area (Å²) < 4.78 is 55.6. The molecule has 1 aromatic rings. The number of methoxy groups -OCH3 is 1. The van der Waals surface area contributed by atoms with Crippen LogP contribution in [-0.2, 0) is 22.3 Å². The van der Waals surface area contributed by atoms with Gasteiger partial charge >= 0.3 is 12.1 Å². The molecule has 1 aromatic carbocycles. The molecule has 0 spiro atoms. The summed E-state index contributed by atoms with van der Waals surface area (Å²) in [7, 11) is 1.44. The van der Waals surface area contributed by atoms with Gasteiger partial charge in [0, 0.05) is 20.2 Å². The van der Waals surface area contributed by atoms with Gasteiger partial charge in [0.15, 0.2) is 0 Å². The third-order valence-electron chi connectivity index (χ3n) is 2.72. The molecule has 8 heteroatoms. The van der Waals surface area contributed by atoms with Crippen LogP contribution in [0.2, 0.25) is 0 Å². The van der Waals surface area contributed by atoms with E-state index in [4.69, 9.17) is 9.84 Å².